The first-order chi connectivity index (χ1) is 11.8. The number of hydrogen-bond donors (Lipinski definition) is 0. The fourth-order valence-corrected chi connectivity index (χ4v) is 3.11. The highest BCUT2D eigenvalue weighted by atomic mass is 79.9. The molecule has 0 aliphatic rings. The minimum Gasteiger partial charge on any atom is -0.486 e. The minimum absolute atomic E-state index is 0.345. The molecule has 0 atom stereocenters. The molecule has 6 heteroatoms. The monoisotopic (exact) mass is 401 g/mol. The first-order valence-corrected chi connectivity index (χ1v) is 9.17. The SMILES string of the molecule is C=CCSc1nnc(COc2ccc(Br)cc2)n1-c1ccccc1. The Balaban J connectivity index is 1.85. The van der Waals surface area contributed by atoms with Crippen LogP contribution in [0.4, 0.5) is 0 Å². The standard InChI is InChI=1S/C18H16BrN3OS/c1-2-12-24-18-21-20-17(22(18)15-6-4-3-5-7-15)13-23-16-10-8-14(19)9-11-16/h2-11H,1,12-13H2. The van der Waals surface area contributed by atoms with E-state index in [2.05, 4.69) is 32.7 Å². The van der Waals surface area contributed by atoms with Crippen LogP contribution in [0.5, 0.6) is 5.75 Å². The second-order valence-electron chi connectivity index (χ2n) is 4.91. The molecule has 1 heterocycles. The summed E-state index contributed by atoms with van der Waals surface area (Å²) in [7, 11) is 0. The van der Waals surface area contributed by atoms with Crippen molar-refractivity contribution in [3.8, 4) is 11.4 Å². The zero-order chi connectivity index (χ0) is 16.8. The van der Waals surface area contributed by atoms with Crippen LogP contribution in [-0.4, -0.2) is 20.5 Å². The predicted molar refractivity (Wildman–Crippen MR) is 101 cm³/mol. The first-order valence-electron chi connectivity index (χ1n) is 7.39. The molecule has 0 saturated carbocycles. The third kappa shape index (κ3) is 4.07. The molecule has 0 amide bonds. The van der Waals surface area contributed by atoms with Gasteiger partial charge in [0.25, 0.3) is 0 Å². The van der Waals surface area contributed by atoms with Gasteiger partial charge in [0, 0.05) is 15.9 Å². The molecule has 4 nitrogen and oxygen atoms in total. The topological polar surface area (TPSA) is 39.9 Å². The molecule has 24 heavy (non-hydrogen) atoms. The van der Waals surface area contributed by atoms with Crippen molar-refractivity contribution in [2.24, 2.45) is 0 Å². The van der Waals surface area contributed by atoms with E-state index in [-0.39, 0.29) is 0 Å². The van der Waals surface area contributed by atoms with Crippen molar-refractivity contribution in [1.82, 2.24) is 14.8 Å². The van der Waals surface area contributed by atoms with Crippen molar-refractivity contribution in [2.45, 2.75) is 11.8 Å². The summed E-state index contributed by atoms with van der Waals surface area (Å²) in [5, 5.41) is 9.43. The molecule has 0 spiro atoms. The van der Waals surface area contributed by atoms with Gasteiger partial charge < -0.3 is 4.74 Å². The number of thioether (sulfide) groups is 1. The predicted octanol–water partition coefficient (Wildman–Crippen LogP) is 4.89. The molecule has 3 aromatic rings. The summed E-state index contributed by atoms with van der Waals surface area (Å²) in [4.78, 5) is 0. The summed E-state index contributed by atoms with van der Waals surface area (Å²) in [5.74, 6) is 2.33. The number of rotatable bonds is 7. The van der Waals surface area contributed by atoms with E-state index < -0.39 is 0 Å². The van der Waals surface area contributed by atoms with Crippen LogP contribution >= 0.6 is 27.7 Å². The summed E-state index contributed by atoms with van der Waals surface area (Å²) in [6, 6.07) is 17.8. The average Bonchev–Trinajstić information content (AvgIpc) is 3.03. The average molecular weight is 402 g/mol. The van der Waals surface area contributed by atoms with Gasteiger partial charge in [-0.1, -0.05) is 52.0 Å². The van der Waals surface area contributed by atoms with Crippen LogP contribution in [0.25, 0.3) is 5.69 Å². The Kier molecular flexibility index (Phi) is 5.72. The maximum Gasteiger partial charge on any atom is 0.196 e. The van der Waals surface area contributed by atoms with Gasteiger partial charge in [0.15, 0.2) is 11.0 Å². The maximum absolute atomic E-state index is 5.85. The maximum atomic E-state index is 5.85. The smallest absolute Gasteiger partial charge is 0.196 e. The Morgan fingerprint density at radius 1 is 1.08 bits per heavy atom. The summed E-state index contributed by atoms with van der Waals surface area (Å²) in [6.45, 7) is 4.11. The van der Waals surface area contributed by atoms with Gasteiger partial charge in [-0.15, -0.1) is 16.8 Å². The van der Waals surface area contributed by atoms with Gasteiger partial charge in [-0.05, 0) is 36.4 Å². The quantitative estimate of drug-likeness (QED) is 0.417. The van der Waals surface area contributed by atoms with Crippen molar-refractivity contribution in [1.29, 1.82) is 0 Å². The highest BCUT2D eigenvalue weighted by molar-refractivity contribution is 9.10. The summed E-state index contributed by atoms with van der Waals surface area (Å²) < 4.78 is 8.89. The molecule has 0 aliphatic heterocycles. The summed E-state index contributed by atoms with van der Waals surface area (Å²) in [5.41, 5.74) is 1.02. The number of benzene rings is 2. The third-order valence-electron chi connectivity index (χ3n) is 3.23. The van der Waals surface area contributed by atoms with E-state index in [1.165, 1.54) is 0 Å². The molecule has 0 fully saturated rings. The molecule has 0 saturated heterocycles. The Hall–Kier alpha value is -2.05. The molecule has 0 unspecified atom stereocenters. The van der Waals surface area contributed by atoms with E-state index in [4.69, 9.17) is 4.74 Å². The van der Waals surface area contributed by atoms with Crippen LogP contribution in [0.3, 0.4) is 0 Å². The van der Waals surface area contributed by atoms with Crippen LogP contribution < -0.4 is 4.74 Å². The second kappa shape index (κ2) is 8.17. The number of ether oxygens (including phenoxy) is 1. The van der Waals surface area contributed by atoms with E-state index in [0.29, 0.717) is 6.61 Å². The van der Waals surface area contributed by atoms with E-state index in [0.717, 1.165) is 32.6 Å². The lowest BCUT2D eigenvalue weighted by molar-refractivity contribution is 0.293. The highest BCUT2D eigenvalue weighted by Gasteiger charge is 2.14. The van der Waals surface area contributed by atoms with E-state index in [1.54, 1.807) is 11.8 Å². The molecule has 0 bridgehead atoms. The van der Waals surface area contributed by atoms with Crippen LogP contribution in [0, 0.1) is 0 Å². The molecule has 3 rings (SSSR count). The fourth-order valence-electron chi connectivity index (χ4n) is 2.14. The largest absolute Gasteiger partial charge is 0.486 e. The van der Waals surface area contributed by atoms with Gasteiger partial charge >= 0.3 is 0 Å². The Morgan fingerprint density at radius 2 is 1.83 bits per heavy atom. The van der Waals surface area contributed by atoms with E-state index in [1.807, 2.05) is 65.2 Å². The van der Waals surface area contributed by atoms with Crippen molar-refractivity contribution in [3.05, 3.63) is 77.5 Å². The second-order valence-corrected chi connectivity index (χ2v) is 6.81. The Morgan fingerprint density at radius 3 is 2.54 bits per heavy atom. The molecule has 0 radical (unpaired) electrons. The molecule has 0 N–H and O–H groups in total. The minimum atomic E-state index is 0.345. The summed E-state index contributed by atoms with van der Waals surface area (Å²) >= 11 is 5.01. The van der Waals surface area contributed by atoms with Crippen LogP contribution in [0.1, 0.15) is 5.82 Å². The normalized spacial score (nSPS) is 10.5. The van der Waals surface area contributed by atoms with Crippen LogP contribution in [0.2, 0.25) is 0 Å². The zero-order valence-corrected chi connectivity index (χ0v) is 15.3. The number of hydrogen-bond acceptors (Lipinski definition) is 4. The molecular formula is C18H16BrN3OS. The lowest BCUT2D eigenvalue weighted by Crippen LogP contribution is -2.06. The van der Waals surface area contributed by atoms with Gasteiger partial charge in [-0.3, -0.25) is 4.57 Å². The van der Waals surface area contributed by atoms with E-state index in [9.17, 15) is 0 Å². The molecule has 122 valence electrons. The van der Waals surface area contributed by atoms with Gasteiger partial charge in [0.1, 0.15) is 12.4 Å². The Bertz CT molecular complexity index is 803. The molecule has 1 aromatic heterocycles. The van der Waals surface area contributed by atoms with Crippen molar-refractivity contribution in [3.63, 3.8) is 0 Å². The van der Waals surface area contributed by atoms with Gasteiger partial charge in [-0.2, -0.15) is 0 Å². The number of halogens is 1. The number of nitrogens with zero attached hydrogens (tertiary/aromatic N) is 3. The van der Waals surface area contributed by atoms with Crippen molar-refractivity contribution >= 4 is 27.7 Å². The van der Waals surface area contributed by atoms with Crippen molar-refractivity contribution in [2.75, 3.05) is 5.75 Å². The molecular weight excluding hydrogens is 386 g/mol. The van der Waals surface area contributed by atoms with E-state index >= 15 is 0 Å². The van der Waals surface area contributed by atoms with Crippen LogP contribution in [-0.2, 0) is 6.61 Å². The van der Waals surface area contributed by atoms with Gasteiger partial charge in [0.05, 0.1) is 0 Å². The van der Waals surface area contributed by atoms with Gasteiger partial charge in [0.2, 0.25) is 0 Å². The number of aromatic nitrogens is 3. The van der Waals surface area contributed by atoms with Crippen LogP contribution in [0.15, 0.2) is 76.9 Å². The Labute approximate surface area is 153 Å². The van der Waals surface area contributed by atoms with Crippen molar-refractivity contribution < 1.29 is 4.74 Å². The number of para-hydroxylation sites is 1. The zero-order valence-electron chi connectivity index (χ0n) is 12.9. The third-order valence-corrected chi connectivity index (χ3v) is 4.68. The fraction of sp³-hybridized carbons (Fsp3) is 0.111. The molecule has 0 aliphatic carbocycles. The lowest BCUT2D eigenvalue weighted by atomic mass is 10.3. The lowest BCUT2D eigenvalue weighted by Gasteiger charge is -2.10. The summed E-state index contributed by atoms with van der Waals surface area (Å²) in [6.07, 6.45) is 1.85. The first kappa shape index (κ1) is 16.8. The molecule has 2 aromatic carbocycles. The van der Waals surface area contributed by atoms with Gasteiger partial charge in [-0.25, -0.2) is 0 Å². The highest BCUT2D eigenvalue weighted by Crippen LogP contribution is 2.23.